The lowest BCUT2D eigenvalue weighted by Gasteiger charge is -2.21. The van der Waals surface area contributed by atoms with Gasteiger partial charge in [-0.2, -0.15) is 20.5 Å². The lowest BCUT2D eigenvalue weighted by atomic mass is 10.1. The van der Waals surface area contributed by atoms with Crippen LogP contribution >= 0.6 is 11.8 Å². The van der Waals surface area contributed by atoms with E-state index in [2.05, 4.69) is 15.5 Å². The Morgan fingerprint density at radius 1 is 1.22 bits per heavy atom. The van der Waals surface area contributed by atoms with Crippen LogP contribution < -0.4 is 5.32 Å². The molecule has 9 heteroatoms. The number of fused-ring (bicyclic) bond motifs is 1. The van der Waals surface area contributed by atoms with Gasteiger partial charge in [-0.1, -0.05) is 6.07 Å². The average Bonchev–Trinajstić information content (AvgIpc) is 3.09. The number of carbonyl (C=O) groups excluding carboxylic acids is 1. The molecule has 3 rings (SSSR count). The molecular weight excluding hydrogens is 377 g/mol. The molecule has 2 heterocycles. The minimum atomic E-state index is -3.80. The second-order valence-electron chi connectivity index (χ2n) is 5.88. The van der Waals surface area contributed by atoms with Crippen molar-refractivity contribution in [2.24, 2.45) is 0 Å². The predicted octanol–water partition coefficient (Wildman–Crippen LogP) is 3.57. The van der Waals surface area contributed by atoms with E-state index >= 15 is 0 Å². The van der Waals surface area contributed by atoms with Crippen molar-refractivity contribution in [1.82, 2.24) is 19.9 Å². The van der Waals surface area contributed by atoms with Gasteiger partial charge in [-0.25, -0.2) is 4.39 Å². The van der Waals surface area contributed by atoms with Crippen LogP contribution in [0.1, 0.15) is 23.9 Å². The second kappa shape index (κ2) is 7.99. The van der Waals surface area contributed by atoms with Gasteiger partial charge in [0.1, 0.15) is 5.82 Å². The van der Waals surface area contributed by atoms with Crippen molar-refractivity contribution in [2.75, 3.05) is 12.0 Å². The SMILES string of the molecule is CSCCC(NC(=O)C(F)(F)c1ccc(F)cc1)c1nnc2ccccn12. The Labute approximate surface area is 158 Å². The molecule has 1 atom stereocenters. The molecule has 1 amide bonds. The fraction of sp³-hybridized carbons (Fsp3) is 0.278. The Hall–Kier alpha value is -2.55. The molecule has 27 heavy (non-hydrogen) atoms. The fourth-order valence-corrected chi connectivity index (χ4v) is 3.11. The lowest BCUT2D eigenvalue weighted by molar-refractivity contribution is -0.148. The number of aromatic nitrogens is 3. The molecule has 0 aliphatic rings. The minimum absolute atomic E-state index is 0.378. The van der Waals surface area contributed by atoms with Crippen LogP contribution in [-0.2, 0) is 10.7 Å². The predicted molar refractivity (Wildman–Crippen MR) is 97.2 cm³/mol. The molecule has 0 fully saturated rings. The first-order valence-electron chi connectivity index (χ1n) is 8.17. The summed E-state index contributed by atoms with van der Waals surface area (Å²) in [7, 11) is 0. The van der Waals surface area contributed by atoms with Gasteiger partial charge in [-0.05, 0) is 54.8 Å². The number of rotatable bonds is 7. The minimum Gasteiger partial charge on any atom is -0.340 e. The van der Waals surface area contributed by atoms with E-state index in [9.17, 15) is 18.0 Å². The fourth-order valence-electron chi connectivity index (χ4n) is 2.64. The summed E-state index contributed by atoms with van der Waals surface area (Å²) < 4.78 is 43.7. The third-order valence-corrected chi connectivity index (χ3v) is 4.70. The largest absolute Gasteiger partial charge is 0.349 e. The van der Waals surface area contributed by atoms with Gasteiger partial charge in [0.15, 0.2) is 11.5 Å². The maximum absolute atomic E-state index is 14.5. The van der Waals surface area contributed by atoms with E-state index < -0.39 is 29.3 Å². The van der Waals surface area contributed by atoms with E-state index in [1.54, 1.807) is 28.8 Å². The molecule has 1 aromatic carbocycles. The van der Waals surface area contributed by atoms with Crippen LogP contribution in [0.4, 0.5) is 13.2 Å². The molecule has 1 N–H and O–H groups in total. The number of hydrogen-bond donors (Lipinski definition) is 1. The zero-order chi connectivity index (χ0) is 19.4. The van der Waals surface area contributed by atoms with Crippen molar-refractivity contribution in [2.45, 2.75) is 18.4 Å². The van der Waals surface area contributed by atoms with Gasteiger partial charge in [0.2, 0.25) is 0 Å². The number of thioether (sulfide) groups is 1. The van der Waals surface area contributed by atoms with E-state index in [0.29, 0.717) is 23.6 Å². The van der Waals surface area contributed by atoms with Gasteiger partial charge in [0, 0.05) is 11.8 Å². The summed E-state index contributed by atoms with van der Waals surface area (Å²) in [5, 5.41) is 10.5. The number of alkyl halides is 2. The highest BCUT2D eigenvalue weighted by Gasteiger charge is 2.42. The Morgan fingerprint density at radius 2 is 1.96 bits per heavy atom. The van der Waals surface area contributed by atoms with Gasteiger partial charge in [0.25, 0.3) is 5.91 Å². The summed E-state index contributed by atoms with van der Waals surface area (Å²) in [5.41, 5.74) is -0.0164. The van der Waals surface area contributed by atoms with Crippen LogP contribution in [0.2, 0.25) is 0 Å². The van der Waals surface area contributed by atoms with Crippen LogP contribution in [0.15, 0.2) is 48.7 Å². The average molecular weight is 394 g/mol. The molecule has 3 aromatic rings. The number of hydrogen-bond acceptors (Lipinski definition) is 4. The van der Waals surface area contributed by atoms with Crippen LogP contribution in [-0.4, -0.2) is 32.5 Å². The third-order valence-electron chi connectivity index (χ3n) is 4.06. The Kier molecular flexibility index (Phi) is 5.69. The molecule has 142 valence electrons. The topological polar surface area (TPSA) is 59.3 Å². The van der Waals surface area contributed by atoms with E-state index in [-0.39, 0.29) is 0 Å². The Morgan fingerprint density at radius 3 is 2.67 bits per heavy atom. The Balaban J connectivity index is 1.87. The first kappa shape index (κ1) is 19.2. The van der Waals surface area contributed by atoms with Gasteiger partial charge in [-0.15, -0.1) is 10.2 Å². The summed E-state index contributed by atoms with van der Waals surface area (Å²) in [6, 6.07) is 8.13. The highest BCUT2D eigenvalue weighted by atomic mass is 32.2. The summed E-state index contributed by atoms with van der Waals surface area (Å²) in [6.45, 7) is 0. The number of halogens is 3. The highest BCUT2D eigenvalue weighted by Crippen LogP contribution is 2.30. The molecule has 0 aliphatic carbocycles. The molecule has 1 unspecified atom stereocenters. The van der Waals surface area contributed by atoms with Crippen LogP contribution in [0.25, 0.3) is 5.65 Å². The number of benzene rings is 1. The van der Waals surface area contributed by atoms with Crippen LogP contribution in [0, 0.1) is 5.82 Å². The first-order valence-corrected chi connectivity index (χ1v) is 9.56. The zero-order valence-corrected chi connectivity index (χ0v) is 15.2. The van der Waals surface area contributed by atoms with Crippen LogP contribution in [0.3, 0.4) is 0 Å². The van der Waals surface area contributed by atoms with Crippen molar-refractivity contribution < 1.29 is 18.0 Å². The van der Waals surface area contributed by atoms with E-state index in [0.717, 1.165) is 24.3 Å². The molecule has 0 aliphatic heterocycles. The molecule has 0 saturated carbocycles. The third kappa shape index (κ3) is 4.08. The smallest absolute Gasteiger partial charge is 0.340 e. The molecular formula is C18H17F3N4OS. The molecule has 0 radical (unpaired) electrons. The number of amides is 1. The molecule has 0 bridgehead atoms. The number of pyridine rings is 1. The molecule has 5 nitrogen and oxygen atoms in total. The maximum Gasteiger partial charge on any atom is 0.349 e. The summed E-state index contributed by atoms with van der Waals surface area (Å²) in [4.78, 5) is 12.3. The number of nitrogens with zero attached hydrogens (tertiary/aromatic N) is 3. The van der Waals surface area contributed by atoms with E-state index in [4.69, 9.17) is 0 Å². The van der Waals surface area contributed by atoms with Crippen molar-refractivity contribution in [3.63, 3.8) is 0 Å². The molecule has 0 spiro atoms. The molecule has 2 aromatic heterocycles. The van der Waals surface area contributed by atoms with Gasteiger partial charge in [0.05, 0.1) is 6.04 Å². The van der Waals surface area contributed by atoms with Crippen molar-refractivity contribution in [3.05, 3.63) is 65.9 Å². The second-order valence-corrected chi connectivity index (χ2v) is 6.86. The normalized spacial score (nSPS) is 12.9. The standard InChI is InChI=1S/C18H17F3N4OS/c1-27-11-9-14(16-24-23-15-4-2-3-10-25(15)16)22-17(26)18(20,21)12-5-7-13(19)8-6-12/h2-8,10,14H,9,11H2,1H3,(H,22,26). The summed E-state index contributed by atoms with van der Waals surface area (Å²) in [5.74, 6) is -4.90. The van der Waals surface area contributed by atoms with Crippen molar-refractivity contribution in [3.8, 4) is 0 Å². The van der Waals surface area contributed by atoms with Crippen LogP contribution in [0.5, 0.6) is 0 Å². The van der Waals surface area contributed by atoms with E-state index in [1.807, 2.05) is 6.26 Å². The van der Waals surface area contributed by atoms with Gasteiger partial charge < -0.3 is 5.32 Å². The van der Waals surface area contributed by atoms with Crippen molar-refractivity contribution in [1.29, 1.82) is 0 Å². The zero-order valence-electron chi connectivity index (χ0n) is 14.4. The summed E-state index contributed by atoms with van der Waals surface area (Å²) >= 11 is 1.53. The highest BCUT2D eigenvalue weighted by molar-refractivity contribution is 7.98. The maximum atomic E-state index is 14.5. The van der Waals surface area contributed by atoms with Crippen molar-refractivity contribution >= 4 is 23.3 Å². The number of carbonyl (C=O) groups is 1. The monoisotopic (exact) mass is 394 g/mol. The molecule has 0 saturated heterocycles. The number of nitrogens with one attached hydrogen (secondary N) is 1. The quantitative estimate of drug-likeness (QED) is 0.666. The van der Waals surface area contributed by atoms with E-state index in [1.165, 1.54) is 11.8 Å². The van der Waals surface area contributed by atoms with Gasteiger partial charge >= 0.3 is 5.92 Å². The first-order chi connectivity index (χ1) is 12.9. The summed E-state index contributed by atoms with van der Waals surface area (Å²) in [6.07, 6.45) is 4.00. The van der Waals surface area contributed by atoms with Gasteiger partial charge in [-0.3, -0.25) is 9.20 Å². The lowest BCUT2D eigenvalue weighted by Crippen LogP contribution is -2.41. The Bertz CT molecular complexity index is 930.